The first-order valence-corrected chi connectivity index (χ1v) is 11.0. The zero-order valence-electron chi connectivity index (χ0n) is 16.2. The van der Waals surface area contributed by atoms with Crippen molar-refractivity contribution >= 4 is 37.6 Å². The zero-order chi connectivity index (χ0) is 21.0. The van der Waals surface area contributed by atoms with Crippen molar-refractivity contribution in [1.29, 1.82) is 0 Å². The first kappa shape index (κ1) is 21.4. The number of aromatic nitrogens is 4. The highest BCUT2D eigenvalue weighted by Crippen LogP contribution is 2.27. The van der Waals surface area contributed by atoms with Crippen molar-refractivity contribution in [3.05, 3.63) is 47.0 Å². The summed E-state index contributed by atoms with van der Waals surface area (Å²) < 4.78 is 34.4. The normalized spacial score (nSPS) is 11.6. The Morgan fingerprint density at radius 2 is 1.90 bits per heavy atom. The molecule has 0 saturated carbocycles. The third-order valence-electron chi connectivity index (χ3n) is 4.19. The second-order valence-electron chi connectivity index (χ2n) is 6.16. The summed E-state index contributed by atoms with van der Waals surface area (Å²) in [6.07, 6.45) is 1.65. The number of methoxy groups -OCH3 is 1. The highest BCUT2D eigenvalue weighted by atomic mass is 79.9. The Labute approximate surface area is 177 Å². The van der Waals surface area contributed by atoms with Crippen LogP contribution >= 0.6 is 15.9 Å². The van der Waals surface area contributed by atoms with E-state index in [4.69, 9.17) is 4.74 Å². The molecule has 3 rings (SSSR count). The van der Waals surface area contributed by atoms with Gasteiger partial charge in [-0.25, -0.2) is 28.1 Å². The third-order valence-corrected chi connectivity index (χ3v) is 6.22. The van der Waals surface area contributed by atoms with Crippen molar-refractivity contribution in [2.75, 3.05) is 25.6 Å². The Hall–Kier alpha value is -2.34. The maximum absolute atomic E-state index is 12.2. The van der Waals surface area contributed by atoms with Crippen molar-refractivity contribution in [2.45, 2.75) is 11.8 Å². The summed E-state index contributed by atoms with van der Waals surface area (Å²) in [5.41, 5.74) is 2.22. The monoisotopic (exact) mass is 480 g/mol. The summed E-state index contributed by atoms with van der Waals surface area (Å²) >= 11 is 3.46. The van der Waals surface area contributed by atoms with Gasteiger partial charge in [0.25, 0.3) is 0 Å². The van der Waals surface area contributed by atoms with Crippen molar-refractivity contribution < 1.29 is 13.2 Å². The minimum atomic E-state index is -3.58. The van der Waals surface area contributed by atoms with E-state index in [-0.39, 0.29) is 11.4 Å². The standard InChI is InChI=1S/C18H21BrN6O3S/c1-12-22-17(19)16(25(12)2)15-8-9-20-18(24-15)23-13-4-6-14(7-5-13)29(26,27)21-10-11-28-3/h4-9,21H,10-11H2,1-3H3,(H,20,23,24). The molecule has 1 aromatic carbocycles. The number of nitrogens with zero attached hydrogens (tertiary/aromatic N) is 4. The average Bonchev–Trinajstić information content (AvgIpc) is 2.94. The van der Waals surface area contributed by atoms with Gasteiger partial charge in [0.05, 0.1) is 17.2 Å². The fraction of sp³-hybridized carbons (Fsp3) is 0.278. The number of halogens is 1. The van der Waals surface area contributed by atoms with E-state index in [1.165, 1.54) is 19.2 Å². The molecule has 154 valence electrons. The minimum Gasteiger partial charge on any atom is -0.383 e. The van der Waals surface area contributed by atoms with Crippen LogP contribution < -0.4 is 10.0 Å². The first-order valence-electron chi connectivity index (χ1n) is 8.70. The Morgan fingerprint density at radius 3 is 2.52 bits per heavy atom. The molecule has 0 bridgehead atoms. The molecule has 3 aromatic rings. The molecule has 2 N–H and O–H groups in total. The molecule has 0 fully saturated rings. The van der Waals surface area contributed by atoms with Crippen molar-refractivity contribution in [3.63, 3.8) is 0 Å². The number of nitrogens with one attached hydrogen (secondary N) is 2. The first-order chi connectivity index (χ1) is 13.8. The molecule has 0 amide bonds. The highest BCUT2D eigenvalue weighted by Gasteiger charge is 2.15. The molecule has 0 aliphatic carbocycles. The molecule has 0 aliphatic heterocycles. The number of benzene rings is 1. The molecule has 0 spiro atoms. The Kier molecular flexibility index (Phi) is 6.63. The van der Waals surface area contributed by atoms with Crippen molar-refractivity contribution in [3.8, 4) is 11.4 Å². The predicted octanol–water partition coefficient (Wildman–Crippen LogP) is 2.62. The van der Waals surface area contributed by atoms with E-state index >= 15 is 0 Å². The van der Waals surface area contributed by atoms with Crippen LogP contribution in [0.1, 0.15) is 5.82 Å². The number of sulfonamides is 1. The van der Waals surface area contributed by atoms with E-state index in [1.54, 1.807) is 24.4 Å². The van der Waals surface area contributed by atoms with Gasteiger partial charge in [-0.1, -0.05) is 0 Å². The quantitative estimate of drug-likeness (QED) is 0.476. The highest BCUT2D eigenvalue weighted by molar-refractivity contribution is 9.10. The summed E-state index contributed by atoms with van der Waals surface area (Å²) in [6, 6.07) is 8.15. The molecule has 29 heavy (non-hydrogen) atoms. The van der Waals surface area contributed by atoms with Gasteiger partial charge in [0.2, 0.25) is 16.0 Å². The maximum Gasteiger partial charge on any atom is 0.240 e. The van der Waals surface area contributed by atoms with Crippen LogP contribution in [0.2, 0.25) is 0 Å². The maximum atomic E-state index is 12.2. The Balaban J connectivity index is 1.77. The molecule has 0 aliphatic rings. The Bertz CT molecular complexity index is 1100. The second kappa shape index (κ2) is 8.99. The summed E-state index contributed by atoms with van der Waals surface area (Å²) in [4.78, 5) is 13.3. The topological polar surface area (TPSA) is 111 Å². The van der Waals surface area contributed by atoms with Gasteiger partial charge < -0.3 is 14.6 Å². The van der Waals surface area contributed by atoms with Crippen LogP contribution in [0.5, 0.6) is 0 Å². The van der Waals surface area contributed by atoms with Gasteiger partial charge in [-0.2, -0.15) is 0 Å². The van der Waals surface area contributed by atoms with E-state index in [0.717, 1.165) is 11.5 Å². The number of aryl methyl sites for hydroxylation is 1. The van der Waals surface area contributed by atoms with Crippen molar-refractivity contribution in [1.82, 2.24) is 24.2 Å². The molecule has 2 aromatic heterocycles. The van der Waals surface area contributed by atoms with E-state index in [0.29, 0.717) is 28.5 Å². The minimum absolute atomic E-state index is 0.170. The summed E-state index contributed by atoms with van der Waals surface area (Å²) in [5.74, 6) is 1.25. The number of anilines is 2. The number of rotatable bonds is 8. The molecule has 0 unspecified atom stereocenters. The SMILES string of the molecule is COCCNS(=O)(=O)c1ccc(Nc2nccc(-c3c(Br)nc(C)n3C)n2)cc1. The number of ether oxygens (including phenoxy) is 1. The molecular formula is C18H21BrN6O3S. The van der Waals surface area contributed by atoms with Gasteiger partial charge in [0.15, 0.2) is 0 Å². The second-order valence-corrected chi connectivity index (χ2v) is 8.68. The molecule has 2 heterocycles. The molecule has 11 heteroatoms. The lowest BCUT2D eigenvalue weighted by molar-refractivity contribution is 0.204. The fourth-order valence-corrected chi connectivity index (χ4v) is 4.35. The zero-order valence-corrected chi connectivity index (χ0v) is 18.6. The lowest BCUT2D eigenvalue weighted by atomic mass is 10.3. The predicted molar refractivity (Wildman–Crippen MR) is 113 cm³/mol. The van der Waals surface area contributed by atoms with Gasteiger partial charge in [-0.15, -0.1) is 0 Å². The van der Waals surface area contributed by atoms with Crippen LogP contribution in [0.25, 0.3) is 11.4 Å². The van der Waals surface area contributed by atoms with Gasteiger partial charge in [-0.05, 0) is 53.2 Å². The van der Waals surface area contributed by atoms with Gasteiger partial charge in [0.1, 0.15) is 16.1 Å². The average molecular weight is 481 g/mol. The van der Waals surface area contributed by atoms with Crippen LogP contribution in [-0.2, 0) is 21.8 Å². The van der Waals surface area contributed by atoms with Gasteiger partial charge in [-0.3, -0.25) is 0 Å². The molecule has 0 saturated heterocycles. The summed E-state index contributed by atoms with van der Waals surface area (Å²) in [6.45, 7) is 2.43. The number of hydrogen-bond donors (Lipinski definition) is 2. The molecule has 0 radical (unpaired) electrons. The smallest absolute Gasteiger partial charge is 0.240 e. The molecule has 0 atom stereocenters. The van der Waals surface area contributed by atoms with Gasteiger partial charge in [0, 0.05) is 32.6 Å². The van der Waals surface area contributed by atoms with E-state index in [9.17, 15) is 8.42 Å². The molecular weight excluding hydrogens is 460 g/mol. The number of hydrogen-bond acceptors (Lipinski definition) is 7. The largest absolute Gasteiger partial charge is 0.383 e. The van der Waals surface area contributed by atoms with E-state index in [1.807, 2.05) is 18.5 Å². The Morgan fingerprint density at radius 1 is 1.17 bits per heavy atom. The summed E-state index contributed by atoms with van der Waals surface area (Å²) in [5, 5.41) is 3.09. The van der Waals surface area contributed by atoms with Crippen LogP contribution in [0, 0.1) is 6.92 Å². The van der Waals surface area contributed by atoms with Gasteiger partial charge >= 0.3 is 0 Å². The summed E-state index contributed by atoms with van der Waals surface area (Å²) in [7, 11) is -0.148. The van der Waals surface area contributed by atoms with Crippen LogP contribution in [0.3, 0.4) is 0 Å². The number of imidazole rings is 1. The lowest BCUT2D eigenvalue weighted by Gasteiger charge is -2.09. The fourth-order valence-electron chi connectivity index (χ4n) is 2.61. The van der Waals surface area contributed by atoms with E-state index < -0.39 is 10.0 Å². The lowest BCUT2D eigenvalue weighted by Crippen LogP contribution is -2.27. The van der Waals surface area contributed by atoms with Crippen LogP contribution in [0.4, 0.5) is 11.6 Å². The van der Waals surface area contributed by atoms with Crippen molar-refractivity contribution in [2.24, 2.45) is 7.05 Å². The third kappa shape index (κ3) is 4.99. The van der Waals surface area contributed by atoms with E-state index in [2.05, 4.69) is 40.9 Å². The van der Waals surface area contributed by atoms with Crippen LogP contribution in [-0.4, -0.2) is 48.2 Å². The van der Waals surface area contributed by atoms with Crippen LogP contribution in [0.15, 0.2) is 46.0 Å². The molecule has 9 nitrogen and oxygen atoms in total.